The van der Waals surface area contributed by atoms with E-state index in [-0.39, 0.29) is 36.0 Å². The van der Waals surface area contributed by atoms with E-state index in [2.05, 4.69) is 5.32 Å². The van der Waals surface area contributed by atoms with E-state index in [1.54, 1.807) is 18.1 Å². The average Bonchev–Trinajstić information content (AvgIpc) is 3.10. The Hall–Kier alpha value is -2.93. The molecule has 166 valence electrons. The minimum absolute atomic E-state index is 0.0149. The predicted octanol–water partition coefficient (Wildman–Crippen LogP) is 4.04. The molecule has 2 aromatic carbocycles. The van der Waals surface area contributed by atoms with Crippen LogP contribution in [0.15, 0.2) is 42.5 Å². The molecule has 3 rings (SSSR count). The molecule has 0 bridgehead atoms. The Bertz CT molecular complexity index is 960. The van der Waals surface area contributed by atoms with E-state index in [0.29, 0.717) is 30.8 Å². The van der Waals surface area contributed by atoms with Crippen LogP contribution in [-0.4, -0.2) is 37.2 Å². The lowest BCUT2D eigenvalue weighted by Gasteiger charge is -2.28. The fourth-order valence-corrected chi connectivity index (χ4v) is 4.03. The number of ether oxygens (including phenoxy) is 1. The molecule has 1 atom stereocenters. The minimum Gasteiger partial charge on any atom is -0.497 e. The largest absolute Gasteiger partial charge is 0.497 e. The van der Waals surface area contributed by atoms with Gasteiger partial charge in [0.15, 0.2) is 0 Å². The van der Waals surface area contributed by atoms with Crippen molar-refractivity contribution in [3.05, 3.63) is 59.4 Å². The van der Waals surface area contributed by atoms with Gasteiger partial charge in [0.05, 0.1) is 7.11 Å². The standard InChI is InChI=1S/C24H29FN2O4/c1-24(2,17-5-4-6-19(13-17)31-3)26-12-11-22(28)27-15-16(7-10-23(29)30)20-14-18(25)8-9-21(20)27/h4-6,8-9,13-14,16,26H,7,10-12,15H2,1-3H3,(H,29,30). The smallest absolute Gasteiger partial charge is 0.303 e. The van der Waals surface area contributed by atoms with Gasteiger partial charge in [-0.25, -0.2) is 4.39 Å². The topological polar surface area (TPSA) is 78.9 Å². The number of methoxy groups -OCH3 is 1. The molecule has 2 N–H and O–H groups in total. The van der Waals surface area contributed by atoms with Crippen LogP contribution in [0.2, 0.25) is 0 Å². The first-order valence-corrected chi connectivity index (χ1v) is 10.4. The number of carboxylic acid groups (broad SMARTS) is 1. The van der Waals surface area contributed by atoms with Crippen LogP contribution in [0.3, 0.4) is 0 Å². The number of carbonyl (C=O) groups excluding carboxylic acids is 1. The van der Waals surface area contributed by atoms with Gasteiger partial charge in [-0.3, -0.25) is 9.59 Å². The first kappa shape index (κ1) is 22.7. The van der Waals surface area contributed by atoms with Gasteiger partial charge < -0.3 is 20.1 Å². The van der Waals surface area contributed by atoms with E-state index in [0.717, 1.165) is 11.3 Å². The Kier molecular flexibility index (Phi) is 6.95. The summed E-state index contributed by atoms with van der Waals surface area (Å²) in [5, 5.41) is 12.4. The molecular weight excluding hydrogens is 399 g/mol. The minimum atomic E-state index is -0.897. The Balaban J connectivity index is 1.64. The Morgan fingerprint density at radius 2 is 2.00 bits per heavy atom. The van der Waals surface area contributed by atoms with Crippen LogP contribution >= 0.6 is 0 Å². The van der Waals surface area contributed by atoms with Gasteiger partial charge in [-0.1, -0.05) is 12.1 Å². The van der Waals surface area contributed by atoms with Gasteiger partial charge in [-0.2, -0.15) is 0 Å². The summed E-state index contributed by atoms with van der Waals surface area (Å²) in [4.78, 5) is 25.6. The molecular formula is C24H29FN2O4. The average molecular weight is 429 g/mol. The van der Waals surface area contributed by atoms with Gasteiger partial charge in [0, 0.05) is 43.1 Å². The number of carbonyl (C=O) groups is 2. The van der Waals surface area contributed by atoms with Crippen molar-refractivity contribution in [2.75, 3.05) is 25.1 Å². The molecule has 0 radical (unpaired) electrons. The first-order chi connectivity index (χ1) is 14.7. The number of fused-ring (bicyclic) bond motifs is 1. The predicted molar refractivity (Wildman–Crippen MR) is 117 cm³/mol. The lowest BCUT2D eigenvalue weighted by Crippen LogP contribution is -2.40. The fraction of sp³-hybridized carbons (Fsp3) is 0.417. The highest BCUT2D eigenvalue weighted by Crippen LogP contribution is 2.39. The summed E-state index contributed by atoms with van der Waals surface area (Å²) in [5.41, 5.74) is 2.08. The third-order valence-electron chi connectivity index (χ3n) is 5.83. The zero-order valence-corrected chi connectivity index (χ0v) is 18.2. The van der Waals surface area contributed by atoms with E-state index < -0.39 is 5.97 Å². The number of hydrogen-bond acceptors (Lipinski definition) is 4. The van der Waals surface area contributed by atoms with Crippen LogP contribution in [0.1, 0.15) is 50.2 Å². The summed E-state index contributed by atoms with van der Waals surface area (Å²) >= 11 is 0. The number of nitrogens with one attached hydrogen (secondary N) is 1. The maximum absolute atomic E-state index is 13.8. The molecule has 0 fully saturated rings. The van der Waals surface area contributed by atoms with Crippen molar-refractivity contribution >= 4 is 17.6 Å². The number of benzene rings is 2. The lowest BCUT2D eigenvalue weighted by molar-refractivity contribution is -0.137. The highest BCUT2D eigenvalue weighted by molar-refractivity contribution is 5.96. The fourth-order valence-electron chi connectivity index (χ4n) is 4.03. The summed E-state index contributed by atoms with van der Waals surface area (Å²) < 4.78 is 19.1. The van der Waals surface area contributed by atoms with Gasteiger partial charge in [0.2, 0.25) is 5.91 Å². The normalized spacial score (nSPS) is 15.6. The zero-order chi connectivity index (χ0) is 22.6. The van der Waals surface area contributed by atoms with Crippen LogP contribution in [0.5, 0.6) is 5.75 Å². The maximum Gasteiger partial charge on any atom is 0.303 e. The summed E-state index contributed by atoms with van der Waals surface area (Å²) in [6.07, 6.45) is 0.630. The number of halogens is 1. The summed E-state index contributed by atoms with van der Waals surface area (Å²) in [6.45, 7) is 4.93. The number of rotatable bonds is 9. The monoisotopic (exact) mass is 428 g/mol. The highest BCUT2D eigenvalue weighted by Gasteiger charge is 2.33. The molecule has 0 saturated carbocycles. The second-order valence-corrected chi connectivity index (χ2v) is 8.37. The first-order valence-electron chi connectivity index (χ1n) is 10.4. The van der Waals surface area contributed by atoms with Gasteiger partial charge in [0.25, 0.3) is 0 Å². The van der Waals surface area contributed by atoms with Crippen LogP contribution < -0.4 is 15.0 Å². The highest BCUT2D eigenvalue weighted by atomic mass is 19.1. The molecule has 6 nitrogen and oxygen atoms in total. The third kappa shape index (κ3) is 5.41. The Labute approximate surface area is 182 Å². The number of hydrogen-bond donors (Lipinski definition) is 2. The van der Waals surface area contributed by atoms with Crippen molar-refractivity contribution in [2.45, 2.75) is 44.6 Å². The molecule has 7 heteroatoms. The number of nitrogens with zero attached hydrogens (tertiary/aromatic N) is 1. The molecule has 0 aliphatic carbocycles. The second-order valence-electron chi connectivity index (χ2n) is 8.37. The van der Waals surface area contributed by atoms with Crippen molar-refractivity contribution in [1.82, 2.24) is 5.32 Å². The van der Waals surface area contributed by atoms with E-state index >= 15 is 0 Å². The molecule has 1 unspecified atom stereocenters. The van der Waals surface area contributed by atoms with Crippen molar-refractivity contribution < 1.29 is 23.8 Å². The summed E-state index contributed by atoms with van der Waals surface area (Å²) in [5.74, 6) is -0.745. The Morgan fingerprint density at radius 3 is 2.71 bits per heavy atom. The Morgan fingerprint density at radius 1 is 1.23 bits per heavy atom. The van der Waals surface area contributed by atoms with Gasteiger partial charge >= 0.3 is 5.97 Å². The van der Waals surface area contributed by atoms with Crippen LogP contribution in [0.4, 0.5) is 10.1 Å². The molecule has 1 amide bonds. The summed E-state index contributed by atoms with van der Waals surface area (Å²) in [7, 11) is 1.63. The zero-order valence-electron chi connectivity index (χ0n) is 18.2. The molecule has 0 spiro atoms. The van der Waals surface area contributed by atoms with Crippen LogP contribution in [0.25, 0.3) is 0 Å². The summed E-state index contributed by atoms with van der Waals surface area (Å²) in [6, 6.07) is 12.2. The molecule has 0 aromatic heterocycles. The molecule has 1 aliphatic rings. The van der Waals surface area contributed by atoms with Gasteiger partial charge in [-0.15, -0.1) is 0 Å². The quantitative estimate of drug-likeness (QED) is 0.630. The number of carboxylic acids is 1. The number of aliphatic carboxylic acids is 1. The molecule has 31 heavy (non-hydrogen) atoms. The molecule has 1 aliphatic heterocycles. The van der Waals surface area contributed by atoms with Gasteiger partial charge in [-0.05, 0) is 61.7 Å². The maximum atomic E-state index is 13.8. The third-order valence-corrected chi connectivity index (χ3v) is 5.83. The van der Waals surface area contributed by atoms with Crippen LogP contribution in [0, 0.1) is 5.82 Å². The van der Waals surface area contributed by atoms with E-state index in [9.17, 15) is 14.0 Å². The van der Waals surface area contributed by atoms with Crippen molar-refractivity contribution in [3.8, 4) is 5.75 Å². The van der Waals surface area contributed by atoms with Crippen LogP contribution in [-0.2, 0) is 15.1 Å². The van der Waals surface area contributed by atoms with Crippen molar-refractivity contribution in [1.29, 1.82) is 0 Å². The van der Waals surface area contributed by atoms with Gasteiger partial charge in [0.1, 0.15) is 11.6 Å². The second kappa shape index (κ2) is 9.47. The molecule has 0 saturated heterocycles. The number of amides is 1. The molecule has 1 heterocycles. The van der Waals surface area contributed by atoms with Crippen molar-refractivity contribution in [3.63, 3.8) is 0 Å². The van der Waals surface area contributed by atoms with E-state index in [1.165, 1.54) is 12.1 Å². The van der Waals surface area contributed by atoms with E-state index in [4.69, 9.17) is 9.84 Å². The number of anilines is 1. The lowest BCUT2D eigenvalue weighted by atomic mass is 9.94. The van der Waals surface area contributed by atoms with Crippen molar-refractivity contribution in [2.24, 2.45) is 0 Å². The van der Waals surface area contributed by atoms with E-state index in [1.807, 2.05) is 38.1 Å². The SMILES string of the molecule is COc1cccc(C(C)(C)NCCC(=O)N2CC(CCC(=O)O)c3cc(F)ccc32)c1. The molecule has 2 aromatic rings.